The van der Waals surface area contributed by atoms with Gasteiger partial charge in [-0.1, -0.05) is 36.4 Å². The van der Waals surface area contributed by atoms with Gasteiger partial charge in [-0.3, -0.25) is 4.79 Å². The van der Waals surface area contributed by atoms with Crippen LogP contribution in [0.5, 0.6) is 0 Å². The average molecular weight is 292 g/mol. The Morgan fingerprint density at radius 3 is 2.35 bits per heavy atom. The van der Waals surface area contributed by atoms with Crippen LogP contribution in [-0.4, -0.2) is 20.0 Å². The summed E-state index contributed by atoms with van der Waals surface area (Å²) in [5, 5.41) is 0. The Morgan fingerprint density at radius 2 is 1.70 bits per heavy atom. The number of carbonyl (C=O) groups is 1. The van der Waals surface area contributed by atoms with Crippen molar-refractivity contribution in [3.8, 4) is 0 Å². The Hall–Kier alpha value is -2.01. The smallest absolute Gasteiger partial charge is 0.185 e. The molecular weight excluding hydrogens is 279 g/mol. The highest BCUT2D eigenvalue weighted by molar-refractivity contribution is 7.92. The highest BCUT2D eigenvalue weighted by Crippen LogP contribution is 2.13. The van der Waals surface area contributed by atoms with Crippen molar-refractivity contribution >= 4 is 15.6 Å². The molecule has 0 saturated carbocycles. The maximum absolute atomic E-state index is 13.0. The minimum atomic E-state index is -3.79. The van der Waals surface area contributed by atoms with Crippen LogP contribution in [-0.2, 0) is 21.1 Å². The monoisotopic (exact) mass is 292 g/mol. The normalized spacial score (nSPS) is 11.2. The molecule has 0 saturated heterocycles. The Kier molecular flexibility index (Phi) is 4.29. The van der Waals surface area contributed by atoms with Crippen LogP contribution in [0.1, 0.15) is 5.56 Å². The lowest BCUT2D eigenvalue weighted by Crippen LogP contribution is -2.18. The molecule has 104 valence electrons. The topological polar surface area (TPSA) is 51.2 Å². The third-order valence-corrected chi connectivity index (χ3v) is 4.42. The van der Waals surface area contributed by atoms with Gasteiger partial charge < -0.3 is 0 Å². The lowest BCUT2D eigenvalue weighted by atomic mass is 10.1. The Bertz CT molecular complexity index is 709. The molecule has 20 heavy (non-hydrogen) atoms. The van der Waals surface area contributed by atoms with Gasteiger partial charge in [0.05, 0.1) is 4.90 Å². The highest BCUT2D eigenvalue weighted by Gasteiger charge is 2.19. The molecule has 0 aromatic heterocycles. The SMILES string of the molecule is O=C(Cc1ccccc1)CS(=O)(=O)c1cccc(F)c1. The molecule has 0 radical (unpaired) electrons. The fraction of sp³-hybridized carbons (Fsp3) is 0.133. The zero-order valence-corrected chi connectivity index (χ0v) is 11.4. The van der Waals surface area contributed by atoms with Gasteiger partial charge in [-0.05, 0) is 23.8 Å². The van der Waals surface area contributed by atoms with Crippen molar-refractivity contribution in [2.75, 3.05) is 5.75 Å². The lowest BCUT2D eigenvalue weighted by Gasteiger charge is -2.04. The third-order valence-electron chi connectivity index (χ3n) is 2.75. The third kappa shape index (κ3) is 3.74. The largest absolute Gasteiger partial charge is 0.298 e. The zero-order valence-electron chi connectivity index (χ0n) is 10.6. The molecule has 0 amide bonds. The molecule has 0 aliphatic carbocycles. The molecule has 0 atom stereocenters. The van der Waals surface area contributed by atoms with E-state index in [1.165, 1.54) is 12.1 Å². The maximum atomic E-state index is 13.0. The van der Waals surface area contributed by atoms with Gasteiger partial charge in [-0.2, -0.15) is 0 Å². The van der Waals surface area contributed by atoms with E-state index in [9.17, 15) is 17.6 Å². The molecule has 2 aromatic rings. The number of carbonyl (C=O) groups excluding carboxylic acids is 1. The van der Waals surface area contributed by atoms with E-state index in [1.54, 1.807) is 24.3 Å². The summed E-state index contributed by atoms with van der Waals surface area (Å²) in [7, 11) is -3.79. The van der Waals surface area contributed by atoms with Crippen molar-refractivity contribution < 1.29 is 17.6 Å². The van der Waals surface area contributed by atoms with Crippen LogP contribution < -0.4 is 0 Å². The molecule has 0 spiro atoms. The van der Waals surface area contributed by atoms with Gasteiger partial charge in [-0.15, -0.1) is 0 Å². The van der Waals surface area contributed by atoms with E-state index in [2.05, 4.69) is 0 Å². The van der Waals surface area contributed by atoms with Crippen molar-refractivity contribution in [1.29, 1.82) is 0 Å². The van der Waals surface area contributed by atoms with E-state index in [1.807, 2.05) is 6.07 Å². The van der Waals surface area contributed by atoms with Crippen molar-refractivity contribution in [3.05, 3.63) is 66.0 Å². The molecule has 0 fully saturated rings. The highest BCUT2D eigenvalue weighted by atomic mass is 32.2. The van der Waals surface area contributed by atoms with E-state index in [4.69, 9.17) is 0 Å². The Morgan fingerprint density at radius 1 is 1.00 bits per heavy atom. The van der Waals surface area contributed by atoms with Gasteiger partial charge in [0.15, 0.2) is 15.6 Å². The number of rotatable bonds is 5. The molecule has 0 N–H and O–H groups in total. The molecule has 0 bridgehead atoms. The van der Waals surface area contributed by atoms with Crippen LogP contribution in [0.15, 0.2) is 59.5 Å². The summed E-state index contributed by atoms with van der Waals surface area (Å²) in [6.07, 6.45) is 0.0510. The van der Waals surface area contributed by atoms with Gasteiger partial charge in [0, 0.05) is 6.42 Å². The number of benzene rings is 2. The Labute approximate surface area is 117 Å². The van der Waals surface area contributed by atoms with Crippen LogP contribution in [0.3, 0.4) is 0 Å². The predicted octanol–water partition coefficient (Wildman–Crippen LogP) is 2.41. The first-order chi connectivity index (χ1) is 9.47. The van der Waals surface area contributed by atoms with Crippen LogP contribution in [0, 0.1) is 5.82 Å². The summed E-state index contributed by atoms with van der Waals surface area (Å²) in [5.74, 6) is -1.67. The first kappa shape index (κ1) is 14.4. The van der Waals surface area contributed by atoms with Gasteiger partial charge in [-0.25, -0.2) is 12.8 Å². The summed E-state index contributed by atoms with van der Waals surface area (Å²) in [6, 6.07) is 13.6. The molecule has 0 aliphatic heterocycles. The van der Waals surface area contributed by atoms with E-state index in [0.29, 0.717) is 0 Å². The van der Waals surface area contributed by atoms with Gasteiger partial charge in [0.2, 0.25) is 0 Å². The number of hydrogen-bond acceptors (Lipinski definition) is 3. The average Bonchev–Trinajstić information content (AvgIpc) is 2.39. The molecule has 5 heteroatoms. The summed E-state index contributed by atoms with van der Waals surface area (Å²) in [6.45, 7) is 0. The quantitative estimate of drug-likeness (QED) is 0.850. The molecule has 0 heterocycles. The standard InChI is InChI=1S/C15H13FO3S/c16-13-7-4-8-15(10-13)20(18,19)11-14(17)9-12-5-2-1-3-6-12/h1-8,10H,9,11H2. The molecule has 0 aliphatic rings. The minimum absolute atomic E-state index is 0.0510. The number of sulfone groups is 1. The van der Waals surface area contributed by atoms with Crippen LogP contribution in [0.2, 0.25) is 0 Å². The van der Waals surface area contributed by atoms with Gasteiger partial charge in [0.25, 0.3) is 0 Å². The zero-order chi connectivity index (χ0) is 14.6. The fourth-order valence-corrected chi connectivity index (χ4v) is 3.10. The fourth-order valence-electron chi connectivity index (χ4n) is 1.83. The van der Waals surface area contributed by atoms with Crippen LogP contribution in [0.25, 0.3) is 0 Å². The number of halogens is 1. The first-order valence-corrected chi connectivity index (χ1v) is 7.66. The van der Waals surface area contributed by atoms with Crippen molar-refractivity contribution in [1.82, 2.24) is 0 Å². The molecule has 2 rings (SSSR count). The molecule has 2 aromatic carbocycles. The van der Waals surface area contributed by atoms with E-state index in [0.717, 1.165) is 17.7 Å². The molecule has 0 unspecified atom stereocenters. The van der Waals surface area contributed by atoms with Gasteiger partial charge >= 0.3 is 0 Å². The van der Waals surface area contributed by atoms with Crippen molar-refractivity contribution in [2.24, 2.45) is 0 Å². The lowest BCUT2D eigenvalue weighted by molar-refractivity contribution is -0.116. The second kappa shape index (κ2) is 5.96. The summed E-state index contributed by atoms with van der Waals surface area (Å²) >= 11 is 0. The summed E-state index contributed by atoms with van der Waals surface area (Å²) in [5.41, 5.74) is 0.756. The van der Waals surface area contributed by atoms with Crippen LogP contribution >= 0.6 is 0 Å². The second-order valence-corrected chi connectivity index (χ2v) is 6.41. The Balaban J connectivity index is 2.11. The maximum Gasteiger partial charge on any atom is 0.185 e. The van der Waals surface area contributed by atoms with Gasteiger partial charge in [0.1, 0.15) is 11.6 Å². The van der Waals surface area contributed by atoms with Crippen LogP contribution in [0.4, 0.5) is 4.39 Å². The number of ketones is 1. The molecular formula is C15H13FO3S. The summed E-state index contributed by atoms with van der Waals surface area (Å²) in [4.78, 5) is 11.6. The number of Topliss-reactive ketones (excluding diaryl/α,β-unsaturated/α-hetero) is 1. The minimum Gasteiger partial charge on any atom is -0.298 e. The first-order valence-electron chi connectivity index (χ1n) is 6.01. The van der Waals surface area contributed by atoms with E-state index < -0.39 is 27.2 Å². The predicted molar refractivity (Wildman–Crippen MR) is 73.6 cm³/mol. The second-order valence-electron chi connectivity index (χ2n) is 4.42. The van der Waals surface area contributed by atoms with Crippen molar-refractivity contribution in [2.45, 2.75) is 11.3 Å². The van der Waals surface area contributed by atoms with E-state index in [-0.39, 0.29) is 11.3 Å². The summed E-state index contributed by atoms with van der Waals surface area (Å²) < 4.78 is 37.0. The molecule has 3 nitrogen and oxygen atoms in total. The van der Waals surface area contributed by atoms with E-state index >= 15 is 0 Å². The number of hydrogen-bond donors (Lipinski definition) is 0. The van der Waals surface area contributed by atoms with Crippen molar-refractivity contribution in [3.63, 3.8) is 0 Å².